The average Bonchev–Trinajstić information content (AvgIpc) is 2.84. The van der Waals surface area contributed by atoms with Crippen molar-refractivity contribution in [1.82, 2.24) is 15.5 Å². The monoisotopic (exact) mass is 308 g/mol. The van der Waals surface area contributed by atoms with Crippen LogP contribution in [0.5, 0.6) is 0 Å². The zero-order valence-electron chi connectivity index (χ0n) is 14.5. The van der Waals surface area contributed by atoms with Crippen molar-refractivity contribution in [2.45, 2.75) is 64.8 Å². The number of aliphatic imine (C=N–C) groups is 1. The summed E-state index contributed by atoms with van der Waals surface area (Å²) in [5.74, 6) is 1.09. The highest BCUT2D eigenvalue weighted by atomic mass is 16.1. The van der Waals surface area contributed by atoms with Gasteiger partial charge in [-0.05, 0) is 24.7 Å². The lowest BCUT2D eigenvalue weighted by atomic mass is 9.93. The zero-order chi connectivity index (χ0) is 16.0. The van der Waals surface area contributed by atoms with Gasteiger partial charge in [-0.2, -0.15) is 0 Å². The number of hydrogen-bond donors (Lipinski definition) is 2. The van der Waals surface area contributed by atoms with Crippen LogP contribution in [-0.4, -0.2) is 49.5 Å². The molecule has 1 saturated carbocycles. The summed E-state index contributed by atoms with van der Waals surface area (Å²) in [7, 11) is 1.82. The Morgan fingerprint density at radius 3 is 2.59 bits per heavy atom. The minimum Gasteiger partial charge on any atom is -0.356 e. The Hall–Kier alpha value is -1.26. The lowest BCUT2D eigenvalue weighted by Gasteiger charge is -2.24. The predicted molar refractivity (Wildman–Crippen MR) is 91.0 cm³/mol. The fourth-order valence-corrected chi connectivity index (χ4v) is 3.46. The number of guanidine groups is 1. The Bertz CT molecular complexity index is 399. The molecule has 1 aliphatic heterocycles. The average molecular weight is 308 g/mol. The first kappa shape index (κ1) is 17.1. The Morgan fingerprint density at radius 2 is 2.00 bits per heavy atom. The molecule has 0 radical (unpaired) electrons. The fraction of sp³-hybridized carbons (Fsp3) is 0.882. The maximum Gasteiger partial charge on any atom is 0.221 e. The van der Waals surface area contributed by atoms with Crippen LogP contribution in [-0.2, 0) is 4.79 Å². The number of carbonyl (C=O) groups excluding carboxylic acids is 1. The molecule has 1 amide bonds. The summed E-state index contributed by atoms with van der Waals surface area (Å²) >= 11 is 0. The lowest BCUT2D eigenvalue weighted by molar-refractivity contribution is -0.121. The molecule has 1 aliphatic carbocycles. The van der Waals surface area contributed by atoms with Gasteiger partial charge in [0.2, 0.25) is 5.91 Å². The zero-order valence-corrected chi connectivity index (χ0v) is 14.5. The van der Waals surface area contributed by atoms with Gasteiger partial charge in [0.25, 0.3) is 0 Å². The molecule has 22 heavy (non-hydrogen) atoms. The number of likely N-dealkylation sites (tertiary alicyclic amines) is 1. The lowest BCUT2D eigenvalue weighted by Crippen LogP contribution is -2.43. The third-order valence-electron chi connectivity index (χ3n) is 4.79. The van der Waals surface area contributed by atoms with E-state index >= 15 is 0 Å². The summed E-state index contributed by atoms with van der Waals surface area (Å²) < 4.78 is 0. The SMILES string of the molecule is CN=C(NCCC(=O)NC1CCCCC1)N1CCC(C)(C)C1. The number of nitrogens with zero attached hydrogens (tertiary/aromatic N) is 2. The van der Waals surface area contributed by atoms with Gasteiger partial charge in [-0.25, -0.2) is 0 Å². The van der Waals surface area contributed by atoms with Crippen molar-refractivity contribution in [1.29, 1.82) is 0 Å². The van der Waals surface area contributed by atoms with Crippen LogP contribution in [0.25, 0.3) is 0 Å². The predicted octanol–water partition coefficient (Wildman–Crippen LogP) is 2.13. The molecule has 0 atom stereocenters. The maximum atomic E-state index is 12.0. The van der Waals surface area contributed by atoms with E-state index in [-0.39, 0.29) is 5.91 Å². The molecule has 0 unspecified atom stereocenters. The second kappa shape index (κ2) is 7.84. The largest absolute Gasteiger partial charge is 0.356 e. The van der Waals surface area contributed by atoms with Crippen molar-refractivity contribution in [2.75, 3.05) is 26.7 Å². The minimum absolute atomic E-state index is 0.164. The number of carbonyl (C=O) groups is 1. The topological polar surface area (TPSA) is 56.7 Å². The van der Waals surface area contributed by atoms with Crippen molar-refractivity contribution in [3.63, 3.8) is 0 Å². The van der Waals surface area contributed by atoms with E-state index in [1.165, 1.54) is 25.7 Å². The fourth-order valence-electron chi connectivity index (χ4n) is 3.46. The van der Waals surface area contributed by atoms with Crippen LogP contribution >= 0.6 is 0 Å². The summed E-state index contributed by atoms with van der Waals surface area (Å²) in [6.07, 6.45) is 7.81. The van der Waals surface area contributed by atoms with E-state index in [2.05, 4.69) is 34.4 Å². The quantitative estimate of drug-likeness (QED) is 0.618. The minimum atomic E-state index is 0.164. The molecule has 5 heteroatoms. The molecule has 5 nitrogen and oxygen atoms in total. The summed E-state index contributed by atoms with van der Waals surface area (Å²) in [5, 5.41) is 6.49. The molecule has 2 rings (SSSR count). The molecule has 2 aliphatic rings. The molecular weight excluding hydrogens is 276 g/mol. The molecular formula is C17H32N4O. The van der Waals surface area contributed by atoms with Crippen molar-refractivity contribution in [2.24, 2.45) is 10.4 Å². The molecule has 126 valence electrons. The van der Waals surface area contributed by atoms with Crippen molar-refractivity contribution in [3.05, 3.63) is 0 Å². The van der Waals surface area contributed by atoms with Crippen molar-refractivity contribution < 1.29 is 4.79 Å². The van der Waals surface area contributed by atoms with Crippen molar-refractivity contribution >= 4 is 11.9 Å². The van der Waals surface area contributed by atoms with Gasteiger partial charge in [0, 0.05) is 39.1 Å². The molecule has 1 heterocycles. The Balaban J connectivity index is 1.67. The Morgan fingerprint density at radius 1 is 1.27 bits per heavy atom. The third-order valence-corrected chi connectivity index (χ3v) is 4.79. The van der Waals surface area contributed by atoms with E-state index in [9.17, 15) is 4.79 Å². The van der Waals surface area contributed by atoms with E-state index in [1.54, 1.807) is 0 Å². The first-order chi connectivity index (χ1) is 10.5. The van der Waals surface area contributed by atoms with Crippen LogP contribution < -0.4 is 10.6 Å². The van der Waals surface area contributed by atoms with Crippen LogP contribution in [0.3, 0.4) is 0 Å². The third kappa shape index (κ3) is 5.18. The van der Waals surface area contributed by atoms with Crippen LogP contribution in [0.1, 0.15) is 58.8 Å². The van der Waals surface area contributed by atoms with Crippen LogP contribution in [0.4, 0.5) is 0 Å². The Kier molecular flexibility index (Phi) is 6.09. The summed E-state index contributed by atoms with van der Waals surface area (Å²) in [5.41, 5.74) is 0.357. The van der Waals surface area contributed by atoms with Gasteiger partial charge in [0.15, 0.2) is 5.96 Å². The molecule has 0 aromatic rings. The van der Waals surface area contributed by atoms with Crippen LogP contribution in [0.15, 0.2) is 4.99 Å². The summed E-state index contributed by atoms with van der Waals surface area (Å²) in [6, 6.07) is 0.403. The summed E-state index contributed by atoms with van der Waals surface area (Å²) in [4.78, 5) is 18.6. The molecule has 0 aromatic heterocycles. The van der Waals surface area contributed by atoms with E-state index in [4.69, 9.17) is 0 Å². The second-order valence-corrected chi connectivity index (χ2v) is 7.46. The van der Waals surface area contributed by atoms with Gasteiger partial charge in [0.1, 0.15) is 0 Å². The van der Waals surface area contributed by atoms with Gasteiger partial charge >= 0.3 is 0 Å². The van der Waals surface area contributed by atoms with E-state index in [0.717, 1.165) is 31.9 Å². The number of nitrogens with one attached hydrogen (secondary N) is 2. The molecule has 2 N–H and O–H groups in total. The summed E-state index contributed by atoms with van der Waals surface area (Å²) in [6.45, 7) is 7.31. The maximum absolute atomic E-state index is 12.0. The van der Waals surface area contributed by atoms with Crippen molar-refractivity contribution in [3.8, 4) is 0 Å². The number of amides is 1. The molecule has 0 bridgehead atoms. The highest BCUT2D eigenvalue weighted by Gasteiger charge is 2.30. The van der Waals surface area contributed by atoms with Crippen LogP contribution in [0.2, 0.25) is 0 Å². The van der Waals surface area contributed by atoms with E-state index < -0.39 is 0 Å². The molecule has 0 aromatic carbocycles. The highest BCUT2D eigenvalue weighted by molar-refractivity contribution is 5.81. The highest BCUT2D eigenvalue weighted by Crippen LogP contribution is 2.28. The standard InChI is InChI=1S/C17H32N4O/c1-17(2)10-12-21(13-17)16(18-3)19-11-9-15(22)20-14-7-5-4-6-8-14/h14H,4-13H2,1-3H3,(H,18,19)(H,20,22). The van der Waals surface area contributed by atoms with Gasteiger partial charge < -0.3 is 15.5 Å². The van der Waals surface area contributed by atoms with Gasteiger partial charge in [-0.15, -0.1) is 0 Å². The van der Waals surface area contributed by atoms with Gasteiger partial charge in [0.05, 0.1) is 0 Å². The first-order valence-corrected chi connectivity index (χ1v) is 8.75. The molecule has 1 saturated heterocycles. The van der Waals surface area contributed by atoms with Crippen LogP contribution in [0, 0.1) is 5.41 Å². The molecule has 0 spiro atoms. The second-order valence-electron chi connectivity index (χ2n) is 7.46. The van der Waals surface area contributed by atoms with E-state index in [0.29, 0.717) is 24.4 Å². The smallest absolute Gasteiger partial charge is 0.221 e. The van der Waals surface area contributed by atoms with Gasteiger partial charge in [-0.3, -0.25) is 9.79 Å². The van der Waals surface area contributed by atoms with Gasteiger partial charge in [-0.1, -0.05) is 33.1 Å². The molecule has 2 fully saturated rings. The van der Waals surface area contributed by atoms with E-state index in [1.807, 2.05) is 7.05 Å². The number of rotatable bonds is 4. The number of hydrogen-bond acceptors (Lipinski definition) is 2. The normalized spacial score (nSPS) is 22.7. The first-order valence-electron chi connectivity index (χ1n) is 8.75. The Labute approximate surface area is 134 Å².